The predicted molar refractivity (Wildman–Crippen MR) is 109 cm³/mol. The molecule has 0 spiro atoms. The van der Waals surface area contributed by atoms with Gasteiger partial charge in [0.15, 0.2) is 5.78 Å². The first-order chi connectivity index (χ1) is 13.3. The van der Waals surface area contributed by atoms with Gasteiger partial charge in [0.2, 0.25) is 0 Å². The maximum atomic E-state index is 12.6. The molecule has 0 saturated carbocycles. The first-order valence-corrected chi connectivity index (χ1v) is 9.69. The molecule has 0 bridgehead atoms. The van der Waals surface area contributed by atoms with Crippen molar-refractivity contribution in [3.63, 3.8) is 0 Å². The number of ketones is 1. The number of hydrogen-bond donors (Lipinski definition) is 0. The fourth-order valence-electron chi connectivity index (χ4n) is 4.01. The number of hydrogen-bond acceptors (Lipinski definition) is 3. The highest BCUT2D eigenvalue weighted by Crippen LogP contribution is 2.36. The third kappa shape index (κ3) is 3.68. The van der Waals surface area contributed by atoms with Gasteiger partial charge in [-0.25, -0.2) is 0 Å². The minimum Gasteiger partial charge on any atom is -0.497 e. The molecule has 0 radical (unpaired) electrons. The summed E-state index contributed by atoms with van der Waals surface area (Å²) in [5, 5.41) is 0. The first kappa shape index (κ1) is 17.6. The SMILES string of the molecule is COc1ccc(C(=O)/C=C/C2=C(N3CCCCC3)Cc3ccccc32)cc1. The third-order valence-corrected chi connectivity index (χ3v) is 5.49. The lowest BCUT2D eigenvalue weighted by atomic mass is 10.0. The monoisotopic (exact) mass is 359 g/mol. The van der Waals surface area contributed by atoms with E-state index in [2.05, 4.69) is 29.2 Å². The van der Waals surface area contributed by atoms with Crippen LogP contribution in [0.25, 0.3) is 5.57 Å². The van der Waals surface area contributed by atoms with Crippen LogP contribution in [0.3, 0.4) is 0 Å². The standard InChI is InChI=1S/C24H25NO2/c1-27-20-11-9-18(10-12-20)24(26)14-13-22-21-8-4-3-7-19(21)17-23(22)25-15-5-2-6-16-25/h3-4,7-14H,2,5-6,15-17H2,1H3/b14-13+. The van der Waals surface area contributed by atoms with Crippen molar-refractivity contribution < 1.29 is 9.53 Å². The van der Waals surface area contributed by atoms with E-state index in [9.17, 15) is 4.79 Å². The van der Waals surface area contributed by atoms with Crippen molar-refractivity contribution in [3.05, 3.63) is 83.1 Å². The molecule has 2 aliphatic rings. The number of ether oxygens (including phenoxy) is 1. The molecule has 1 saturated heterocycles. The minimum absolute atomic E-state index is 0.0209. The molecule has 0 aromatic heterocycles. The smallest absolute Gasteiger partial charge is 0.185 e. The Hall–Kier alpha value is -2.81. The van der Waals surface area contributed by atoms with Crippen molar-refractivity contribution in [2.24, 2.45) is 0 Å². The number of piperidine rings is 1. The second-order valence-electron chi connectivity index (χ2n) is 7.17. The molecule has 0 atom stereocenters. The molecule has 0 N–H and O–H groups in total. The fraction of sp³-hybridized carbons (Fsp3) is 0.292. The van der Waals surface area contributed by atoms with E-state index in [1.807, 2.05) is 30.3 Å². The largest absolute Gasteiger partial charge is 0.497 e. The number of carbonyl (C=O) groups is 1. The van der Waals surface area contributed by atoms with Gasteiger partial charge >= 0.3 is 0 Å². The Morgan fingerprint density at radius 3 is 2.48 bits per heavy atom. The van der Waals surface area contributed by atoms with Gasteiger partial charge in [-0.2, -0.15) is 0 Å². The maximum absolute atomic E-state index is 12.6. The molecule has 4 rings (SSSR count). The highest BCUT2D eigenvalue weighted by Gasteiger charge is 2.24. The maximum Gasteiger partial charge on any atom is 0.185 e. The molecule has 1 heterocycles. The molecule has 2 aromatic rings. The van der Waals surface area contributed by atoms with E-state index >= 15 is 0 Å². The van der Waals surface area contributed by atoms with Crippen LogP contribution in [-0.4, -0.2) is 30.9 Å². The van der Waals surface area contributed by atoms with E-state index in [4.69, 9.17) is 4.74 Å². The molecule has 138 valence electrons. The predicted octanol–water partition coefficient (Wildman–Crippen LogP) is 4.89. The molecule has 1 aliphatic heterocycles. The van der Waals surface area contributed by atoms with E-state index in [0.717, 1.165) is 25.3 Å². The fourth-order valence-corrected chi connectivity index (χ4v) is 4.01. The zero-order valence-corrected chi connectivity index (χ0v) is 15.8. The van der Waals surface area contributed by atoms with E-state index in [1.54, 1.807) is 13.2 Å². The van der Waals surface area contributed by atoms with E-state index in [1.165, 1.54) is 41.7 Å². The van der Waals surface area contributed by atoms with Gasteiger partial charge < -0.3 is 9.64 Å². The Balaban J connectivity index is 1.62. The van der Waals surface area contributed by atoms with Gasteiger partial charge in [0.05, 0.1) is 7.11 Å². The third-order valence-electron chi connectivity index (χ3n) is 5.49. The summed E-state index contributed by atoms with van der Waals surface area (Å²) >= 11 is 0. The zero-order valence-electron chi connectivity index (χ0n) is 15.8. The number of benzene rings is 2. The summed E-state index contributed by atoms with van der Waals surface area (Å²) in [7, 11) is 1.63. The van der Waals surface area contributed by atoms with E-state index in [0.29, 0.717) is 5.56 Å². The zero-order chi connectivity index (χ0) is 18.6. The molecule has 0 unspecified atom stereocenters. The number of nitrogens with zero attached hydrogens (tertiary/aromatic N) is 1. The van der Waals surface area contributed by atoms with Crippen LogP contribution in [0, 0.1) is 0 Å². The van der Waals surface area contributed by atoms with Crippen LogP contribution in [0.15, 0.2) is 66.4 Å². The van der Waals surface area contributed by atoms with Crippen LogP contribution >= 0.6 is 0 Å². The number of carbonyl (C=O) groups excluding carboxylic acids is 1. The van der Waals surface area contributed by atoms with Crippen LogP contribution in [0.1, 0.15) is 40.7 Å². The molecule has 3 nitrogen and oxygen atoms in total. The normalized spacial score (nSPS) is 16.7. The van der Waals surface area contributed by atoms with Crippen LogP contribution in [-0.2, 0) is 6.42 Å². The van der Waals surface area contributed by atoms with Gasteiger partial charge in [0.1, 0.15) is 5.75 Å². The van der Waals surface area contributed by atoms with Crippen molar-refractivity contribution in [1.29, 1.82) is 0 Å². The molecular formula is C24H25NO2. The average Bonchev–Trinajstić information content (AvgIpc) is 3.11. The van der Waals surface area contributed by atoms with Gasteiger partial charge in [-0.05, 0) is 66.8 Å². The second kappa shape index (κ2) is 7.83. The summed E-state index contributed by atoms with van der Waals surface area (Å²) in [4.78, 5) is 15.1. The first-order valence-electron chi connectivity index (χ1n) is 9.69. The summed E-state index contributed by atoms with van der Waals surface area (Å²) in [6.07, 6.45) is 8.51. The van der Waals surface area contributed by atoms with Gasteiger partial charge in [0, 0.05) is 36.3 Å². The summed E-state index contributed by atoms with van der Waals surface area (Å²) in [5.74, 6) is 0.780. The summed E-state index contributed by atoms with van der Waals surface area (Å²) in [5.41, 5.74) is 5.87. The van der Waals surface area contributed by atoms with E-state index in [-0.39, 0.29) is 5.78 Å². The molecule has 0 amide bonds. The lowest BCUT2D eigenvalue weighted by Gasteiger charge is -2.30. The van der Waals surface area contributed by atoms with Gasteiger partial charge in [-0.3, -0.25) is 4.79 Å². The van der Waals surface area contributed by atoms with Gasteiger partial charge in [0.25, 0.3) is 0 Å². The Morgan fingerprint density at radius 1 is 1.00 bits per heavy atom. The second-order valence-corrected chi connectivity index (χ2v) is 7.17. The van der Waals surface area contributed by atoms with Crippen molar-refractivity contribution >= 4 is 11.4 Å². The molecule has 27 heavy (non-hydrogen) atoms. The lowest BCUT2D eigenvalue weighted by molar-refractivity contribution is 0.104. The van der Waals surface area contributed by atoms with Crippen LogP contribution < -0.4 is 4.74 Å². The Kier molecular flexibility index (Phi) is 5.10. The molecule has 2 aromatic carbocycles. The highest BCUT2D eigenvalue weighted by molar-refractivity contribution is 6.06. The van der Waals surface area contributed by atoms with Crippen molar-refractivity contribution in [1.82, 2.24) is 4.90 Å². The number of allylic oxidation sites excluding steroid dienone is 4. The summed E-state index contributed by atoms with van der Waals surface area (Å²) < 4.78 is 5.17. The van der Waals surface area contributed by atoms with Crippen molar-refractivity contribution in [3.8, 4) is 5.75 Å². The van der Waals surface area contributed by atoms with E-state index < -0.39 is 0 Å². The van der Waals surface area contributed by atoms with Crippen LogP contribution in [0.4, 0.5) is 0 Å². The van der Waals surface area contributed by atoms with Crippen LogP contribution in [0.5, 0.6) is 5.75 Å². The van der Waals surface area contributed by atoms with Gasteiger partial charge in [-0.15, -0.1) is 0 Å². The van der Waals surface area contributed by atoms with Crippen molar-refractivity contribution in [2.75, 3.05) is 20.2 Å². The Morgan fingerprint density at radius 2 is 1.74 bits per heavy atom. The Labute approximate surface area is 161 Å². The minimum atomic E-state index is 0.0209. The summed E-state index contributed by atoms with van der Waals surface area (Å²) in [6, 6.07) is 15.8. The number of methoxy groups -OCH3 is 1. The lowest BCUT2D eigenvalue weighted by Crippen LogP contribution is -2.29. The molecule has 1 aliphatic carbocycles. The molecule has 1 fully saturated rings. The topological polar surface area (TPSA) is 29.5 Å². The number of fused-ring (bicyclic) bond motifs is 1. The van der Waals surface area contributed by atoms with Gasteiger partial charge in [-0.1, -0.05) is 24.3 Å². The summed E-state index contributed by atoms with van der Waals surface area (Å²) in [6.45, 7) is 2.24. The molecular weight excluding hydrogens is 334 g/mol. The van der Waals surface area contributed by atoms with Crippen molar-refractivity contribution in [2.45, 2.75) is 25.7 Å². The number of rotatable bonds is 5. The highest BCUT2D eigenvalue weighted by atomic mass is 16.5. The quantitative estimate of drug-likeness (QED) is 0.562. The number of likely N-dealkylation sites (tertiary alicyclic amines) is 1. The van der Waals surface area contributed by atoms with Crippen LogP contribution in [0.2, 0.25) is 0 Å². The Bertz CT molecular complexity index is 887. The molecule has 3 heteroatoms. The average molecular weight is 359 g/mol.